The summed E-state index contributed by atoms with van der Waals surface area (Å²) in [6.07, 6.45) is 5.70. The molecule has 0 bridgehead atoms. The molecule has 3 heteroatoms. The van der Waals surface area contributed by atoms with Crippen molar-refractivity contribution in [3.05, 3.63) is 34.3 Å². The van der Waals surface area contributed by atoms with Gasteiger partial charge in [0.1, 0.15) is 0 Å². The van der Waals surface area contributed by atoms with Crippen molar-refractivity contribution in [1.29, 1.82) is 0 Å². The smallest absolute Gasteiger partial charge is 0.225 e. The van der Waals surface area contributed by atoms with Gasteiger partial charge < -0.3 is 4.90 Å². The van der Waals surface area contributed by atoms with Crippen LogP contribution in [0.4, 0.5) is 0 Å². The summed E-state index contributed by atoms with van der Waals surface area (Å²) in [5.74, 6) is 1.39. The average molecular weight is 322 g/mol. The van der Waals surface area contributed by atoms with Crippen molar-refractivity contribution < 1.29 is 4.79 Å². The van der Waals surface area contributed by atoms with Crippen molar-refractivity contribution in [3.8, 4) is 0 Å². The van der Waals surface area contributed by atoms with Crippen molar-refractivity contribution >= 4 is 21.8 Å². The minimum Gasteiger partial charge on any atom is -0.342 e. The molecule has 1 amide bonds. The lowest BCUT2D eigenvalue weighted by molar-refractivity contribution is -0.139. The number of piperidine rings is 1. The number of carbonyl (C=O) groups is 1. The van der Waals surface area contributed by atoms with E-state index in [1.165, 1.54) is 12.0 Å². The summed E-state index contributed by atoms with van der Waals surface area (Å²) in [5, 5.41) is 0. The number of amides is 1. The van der Waals surface area contributed by atoms with Gasteiger partial charge in [0.2, 0.25) is 5.91 Å². The zero-order valence-electron chi connectivity index (χ0n) is 11.1. The van der Waals surface area contributed by atoms with Gasteiger partial charge in [-0.1, -0.05) is 34.5 Å². The molecule has 0 unspecified atom stereocenters. The second kappa shape index (κ2) is 5.66. The molecule has 1 aromatic rings. The third-order valence-electron chi connectivity index (χ3n) is 4.60. The molecule has 1 saturated heterocycles. The fraction of sp³-hybridized carbons (Fsp3) is 0.562. The molecule has 2 nitrogen and oxygen atoms in total. The molecule has 1 aliphatic heterocycles. The minimum atomic E-state index is 0.351. The number of carbonyl (C=O) groups excluding carboxylic acids is 1. The van der Waals surface area contributed by atoms with Gasteiger partial charge in [0, 0.05) is 23.5 Å². The lowest BCUT2D eigenvalue weighted by atomic mass is 9.83. The van der Waals surface area contributed by atoms with Crippen molar-refractivity contribution in [2.45, 2.75) is 38.0 Å². The molecule has 2 fully saturated rings. The van der Waals surface area contributed by atoms with Crippen LogP contribution in [-0.4, -0.2) is 23.9 Å². The lowest BCUT2D eigenvalue weighted by Gasteiger charge is -2.36. The number of nitrogens with zero attached hydrogens (tertiary/aromatic N) is 1. The summed E-state index contributed by atoms with van der Waals surface area (Å²) < 4.78 is 1.13. The Balaban J connectivity index is 1.56. The van der Waals surface area contributed by atoms with Gasteiger partial charge in [-0.15, -0.1) is 0 Å². The molecule has 0 atom stereocenters. The quantitative estimate of drug-likeness (QED) is 0.807. The van der Waals surface area contributed by atoms with Crippen LogP contribution >= 0.6 is 15.9 Å². The molecule has 0 radical (unpaired) electrons. The molecule has 1 aliphatic carbocycles. The van der Waals surface area contributed by atoms with E-state index in [1.54, 1.807) is 0 Å². The van der Waals surface area contributed by atoms with Gasteiger partial charge in [-0.25, -0.2) is 0 Å². The first-order valence-electron chi connectivity index (χ1n) is 7.28. The molecule has 102 valence electrons. The highest BCUT2D eigenvalue weighted by Gasteiger charge is 2.31. The highest BCUT2D eigenvalue weighted by Crippen LogP contribution is 2.32. The van der Waals surface area contributed by atoms with E-state index in [0.29, 0.717) is 17.7 Å². The van der Waals surface area contributed by atoms with Crippen LogP contribution in [0.2, 0.25) is 0 Å². The first-order valence-corrected chi connectivity index (χ1v) is 8.07. The van der Waals surface area contributed by atoms with Gasteiger partial charge in [0.05, 0.1) is 0 Å². The molecule has 19 heavy (non-hydrogen) atoms. The Morgan fingerprint density at radius 3 is 2.21 bits per heavy atom. The average Bonchev–Trinajstić information content (AvgIpc) is 2.38. The van der Waals surface area contributed by atoms with E-state index in [9.17, 15) is 4.79 Å². The monoisotopic (exact) mass is 321 g/mol. The Hall–Kier alpha value is -0.830. The van der Waals surface area contributed by atoms with Gasteiger partial charge >= 0.3 is 0 Å². The Bertz CT molecular complexity index is 444. The van der Waals surface area contributed by atoms with Crippen LogP contribution in [-0.2, 0) is 4.79 Å². The van der Waals surface area contributed by atoms with Gasteiger partial charge in [0.25, 0.3) is 0 Å². The zero-order chi connectivity index (χ0) is 13.2. The highest BCUT2D eigenvalue weighted by atomic mass is 79.9. The minimum absolute atomic E-state index is 0.351. The van der Waals surface area contributed by atoms with E-state index in [1.807, 2.05) is 0 Å². The summed E-state index contributed by atoms with van der Waals surface area (Å²) in [6, 6.07) is 8.64. The molecule has 1 saturated carbocycles. The molecule has 2 aliphatic rings. The van der Waals surface area contributed by atoms with Gasteiger partial charge in [-0.3, -0.25) is 4.79 Å². The summed E-state index contributed by atoms with van der Waals surface area (Å²) >= 11 is 3.48. The van der Waals surface area contributed by atoms with Crippen LogP contribution in [0.1, 0.15) is 43.6 Å². The van der Waals surface area contributed by atoms with Crippen molar-refractivity contribution in [2.24, 2.45) is 5.92 Å². The van der Waals surface area contributed by atoms with Crippen LogP contribution in [0.25, 0.3) is 0 Å². The number of rotatable bonds is 2. The van der Waals surface area contributed by atoms with Crippen LogP contribution in [0, 0.1) is 5.92 Å². The van der Waals surface area contributed by atoms with E-state index >= 15 is 0 Å². The number of halogens is 1. The van der Waals surface area contributed by atoms with Crippen LogP contribution < -0.4 is 0 Å². The fourth-order valence-electron chi connectivity index (χ4n) is 3.08. The number of hydrogen-bond donors (Lipinski definition) is 0. The third kappa shape index (κ3) is 2.86. The molecule has 0 aromatic heterocycles. The zero-order valence-corrected chi connectivity index (χ0v) is 12.7. The fourth-order valence-corrected chi connectivity index (χ4v) is 3.35. The lowest BCUT2D eigenvalue weighted by Crippen LogP contribution is -2.43. The van der Waals surface area contributed by atoms with E-state index in [2.05, 4.69) is 45.1 Å². The Kier molecular flexibility index (Phi) is 3.92. The Labute approximate surface area is 123 Å². The largest absolute Gasteiger partial charge is 0.342 e. The molecule has 1 heterocycles. The molecule has 0 spiro atoms. The Morgan fingerprint density at radius 1 is 1.05 bits per heavy atom. The summed E-state index contributed by atoms with van der Waals surface area (Å²) in [4.78, 5) is 14.3. The second-order valence-corrected chi connectivity index (χ2v) is 6.69. The van der Waals surface area contributed by atoms with Crippen LogP contribution in [0.5, 0.6) is 0 Å². The number of likely N-dealkylation sites (tertiary alicyclic amines) is 1. The predicted octanol–water partition coefficient (Wildman–Crippen LogP) is 3.96. The molecule has 0 N–H and O–H groups in total. The summed E-state index contributed by atoms with van der Waals surface area (Å²) in [7, 11) is 0. The Morgan fingerprint density at radius 2 is 1.68 bits per heavy atom. The molecular weight excluding hydrogens is 302 g/mol. The van der Waals surface area contributed by atoms with E-state index in [0.717, 1.165) is 43.2 Å². The standard InChI is InChI=1S/C16H20BrNO/c17-15-6-4-12(5-7-15)13-8-10-18(11-9-13)16(19)14-2-1-3-14/h4-7,13-14H,1-3,8-11H2. The second-order valence-electron chi connectivity index (χ2n) is 5.78. The van der Waals surface area contributed by atoms with Gasteiger partial charge in [-0.2, -0.15) is 0 Å². The summed E-state index contributed by atoms with van der Waals surface area (Å²) in [6.45, 7) is 1.88. The molecule has 3 rings (SSSR count). The van der Waals surface area contributed by atoms with Crippen molar-refractivity contribution in [3.63, 3.8) is 0 Å². The normalized spacial score (nSPS) is 21.2. The van der Waals surface area contributed by atoms with Gasteiger partial charge in [-0.05, 0) is 49.3 Å². The maximum atomic E-state index is 12.2. The van der Waals surface area contributed by atoms with Gasteiger partial charge in [0.15, 0.2) is 0 Å². The number of hydrogen-bond acceptors (Lipinski definition) is 1. The van der Waals surface area contributed by atoms with E-state index in [-0.39, 0.29) is 0 Å². The maximum Gasteiger partial charge on any atom is 0.225 e. The predicted molar refractivity (Wildman–Crippen MR) is 80.0 cm³/mol. The van der Waals surface area contributed by atoms with Crippen LogP contribution in [0.3, 0.4) is 0 Å². The van der Waals surface area contributed by atoms with E-state index < -0.39 is 0 Å². The number of benzene rings is 1. The maximum absolute atomic E-state index is 12.2. The first kappa shape index (κ1) is 13.2. The highest BCUT2D eigenvalue weighted by molar-refractivity contribution is 9.10. The first-order chi connectivity index (χ1) is 9.24. The SMILES string of the molecule is O=C(C1CCC1)N1CCC(c2ccc(Br)cc2)CC1. The summed E-state index contributed by atoms with van der Waals surface area (Å²) in [5.41, 5.74) is 1.42. The topological polar surface area (TPSA) is 20.3 Å². The molecule has 1 aromatic carbocycles. The van der Waals surface area contributed by atoms with Crippen molar-refractivity contribution in [2.75, 3.05) is 13.1 Å². The third-order valence-corrected chi connectivity index (χ3v) is 5.13. The van der Waals surface area contributed by atoms with Crippen molar-refractivity contribution in [1.82, 2.24) is 4.90 Å². The molecular formula is C16H20BrNO. The van der Waals surface area contributed by atoms with Crippen LogP contribution in [0.15, 0.2) is 28.7 Å². The van der Waals surface area contributed by atoms with E-state index in [4.69, 9.17) is 0 Å².